The number of amides is 4. The zero-order chi connectivity index (χ0) is 31.7. The van der Waals surface area contributed by atoms with Gasteiger partial charge in [0.15, 0.2) is 0 Å². The molecule has 1 aromatic heterocycles. The minimum absolute atomic E-state index is 0.000364. The summed E-state index contributed by atoms with van der Waals surface area (Å²) in [7, 11) is 0. The predicted molar refractivity (Wildman–Crippen MR) is 158 cm³/mol. The minimum atomic E-state index is -1.37. The van der Waals surface area contributed by atoms with E-state index in [0.717, 1.165) is 16.5 Å². The maximum absolute atomic E-state index is 13.3. The number of carboxylic acids is 1. The Labute approximate surface area is 248 Å². The van der Waals surface area contributed by atoms with E-state index in [0.29, 0.717) is 5.56 Å². The molecule has 4 unspecified atom stereocenters. The van der Waals surface area contributed by atoms with Gasteiger partial charge in [0.05, 0.1) is 6.04 Å². The van der Waals surface area contributed by atoms with Crippen LogP contribution in [0.25, 0.3) is 10.9 Å². The normalized spacial score (nSPS) is 14.0. The van der Waals surface area contributed by atoms with Gasteiger partial charge in [-0.2, -0.15) is 0 Å². The van der Waals surface area contributed by atoms with Crippen LogP contribution in [0.4, 0.5) is 0 Å². The molecule has 10 N–H and O–H groups in total. The lowest BCUT2D eigenvalue weighted by Crippen LogP contribution is -2.58. The summed E-state index contributed by atoms with van der Waals surface area (Å²) in [5.41, 5.74) is 13.7. The molecule has 0 radical (unpaired) electrons. The average Bonchev–Trinajstić information content (AvgIpc) is 3.36. The molecule has 43 heavy (non-hydrogen) atoms. The molecule has 0 saturated heterocycles. The molecule has 0 fully saturated rings. The quantitative estimate of drug-likeness (QED) is 0.123. The van der Waals surface area contributed by atoms with Crippen molar-refractivity contribution in [3.05, 3.63) is 65.9 Å². The average molecular weight is 595 g/mol. The summed E-state index contributed by atoms with van der Waals surface area (Å²) in [6.45, 7) is 3.40. The lowest BCUT2D eigenvalue weighted by atomic mass is 10.00. The fraction of sp³-hybridized carbons (Fsp3) is 0.367. The number of nitrogens with one attached hydrogen (secondary N) is 4. The number of H-pyrrole nitrogens is 1. The number of fused-ring (bicyclic) bond motifs is 1. The van der Waals surface area contributed by atoms with Gasteiger partial charge in [0.2, 0.25) is 23.6 Å². The molecule has 13 heteroatoms. The van der Waals surface area contributed by atoms with E-state index in [4.69, 9.17) is 11.5 Å². The van der Waals surface area contributed by atoms with Crippen molar-refractivity contribution in [1.29, 1.82) is 0 Å². The molecule has 13 nitrogen and oxygen atoms in total. The number of rotatable bonds is 15. The van der Waals surface area contributed by atoms with Crippen molar-refractivity contribution in [3.8, 4) is 5.75 Å². The summed E-state index contributed by atoms with van der Waals surface area (Å²) in [5.74, 6) is -4.58. The summed E-state index contributed by atoms with van der Waals surface area (Å²) in [4.78, 5) is 66.0. The molecule has 3 aromatic rings. The first kappa shape index (κ1) is 32.6. The molecule has 0 aliphatic rings. The molecule has 0 spiro atoms. The number of benzene rings is 2. The van der Waals surface area contributed by atoms with Crippen LogP contribution < -0.4 is 27.4 Å². The Kier molecular flexibility index (Phi) is 11.2. The van der Waals surface area contributed by atoms with Crippen LogP contribution >= 0.6 is 0 Å². The molecule has 0 aliphatic carbocycles. The molecular weight excluding hydrogens is 556 g/mol. The van der Waals surface area contributed by atoms with Crippen LogP contribution in [0.3, 0.4) is 0 Å². The van der Waals surface area contributed by atoms with E-state index in [1.54, 1.807) is 20.0 Å². The van der Waals surface area contributed by atoms with E-state index < -0.39 is 59.7 Å². The van der Waals surface area contributed by atoms with Crippen LogP contribution in [-0.2, 0) is 36.8 Å². The SMILES string of the molecule is CC(C)C(NC(=O)C(N)Cc1c[nH]c2ccccc12)C(=O)NC(CCC(N)=O)C(=O)NC(Cc1ccc(O)cc1)C(=O)O. The van der Waals surface area contributed by atoms with Gasteiger partial charge in [0.25, 0.3) is 0 Å². The number of aromatic amines is 1. The van der Waals surface area contributed by atoms with Gasteiger partial charge >= 0.3 is 5.97 Å². The second kappa shape index (κ2) is 14.8. The Hall–Kier alpha value is -4.91. The topological polar surface area (TPSA) is 230 Å². The number of para-hydroxylation sites is 1. The van der Waals surface area contributed by atoms with Crippen molar-refractivity contribution < 1.29 is 34.2 Å². The maximum Gasteiger partial charge on any atom is 0.326 e. The summed E-state index contributed by atoms with van der Waals surface area (Å²) in [5, 5.41) is 27.7. The van der Waals surface area contributed by atoms with Crippen LogP contribution in [-0.4, -0.2) is 69.0 Å². The van der Waals surface area contributed by atoms with Crippen molar-refractivity contribution in [2.45, 2.75) is 63.7 Å². The van der Waals surface area contributed by atoms with Crippen molar-refractivity contribution in [3.63, 3.8) is 0 Å². The molecule has 0 bridgehead atoms. The fourth-order valence-electron chi connectivity index (χ4n) is 4.58. The minimum Gasteiger partial charge on any atom is -0.508 e. The van der Waals surface area contributed by atoms with E-state index in [1.807, 2.05) is 24.3 Å². The summed E-state index contributed by atoms with van der Waals surface area (Å²) < 4.78 is 0. The van der Waals surface area contributed by atoms with E-state index in [1.165, 1.54) is 24.3 Å². The third-order valence-electron chi connectivity index (χ3n) is 7.00. The lowest BCUT2D eigenvalue weighted by molar-refractivity contribution is -0.142. The number of primary amides is 1. The third-order valence-corrected chi connectivity index (χ3v) is 7.00. The van der Waals surface area contributed by atoms with Crippen LogP contribution in [0.1, 0.15) is 37.8 Å². The fourth-order valence-corrected chi connectivity index (χ4v) is 4.58. The molecule has 1 heterocycles. The Morgan fingerprint density at radius 1 is 0.860 bits per heavy atom. The largest absolute Gasteiger partial charge is 0.508 e. The Morgan fingerprint density at radius 2 is 1.51 bits per heavy atom. The third kappa shape index (κ3) is 9.30. The lowest BCUT2D eigenvalue weighted by Gasteiger charge is -2.27. The summed E-state index contributed by atoms with van der Waals surface area (Å²) >= 11 is 0. The molecule has 2 aromatic carbocycles. The van der Waals surface area contributed by atoms with Gasteiger partial charge in [-0.25, -0.2) is 4.79 Å². The molecule has 4 atom stereocenters. The monoisotopic (exact) mass is 594 g/mol. The Bertz CT molecular complexity index is 1450. The Morgan fingerprint density at radius 3 is 2.14 bits per heavy atom. The maximum atomic E-state index is 13.3. The number of aromatic hydroxyl groups is 1. The van der Waals surface area contributed by atoms with Gasteiger partial charge in [-0.15, -0.1) is 0 Å². The highest BCUT2D eigenvalue weighted by Gasteiger charge is 2.32. The second-order valence-electron chi connectivity index (χ2n) is 10.7. The van der Waals surface area contributed by atoms with Gasteiger partial charge in [0, 0.05) is 29.9 Å². The molecule has 0 saturated carbocycles. The van der Waals surface area contributed by atoms with Crippen LogP contribution in [0.2, 0.25) is 0 Å². The number of nitrogens with two attached hydrogens (primary N) is 2. The molecule has 230 valence electrons. The first-order valence-corrected chi connectivity index (χ1v) is 13.9. The highest BCUT2D eigenvalue weighted by molar-refractivity contribution is 5.95. The highest BCUT2D eigenvalue weighted by Crippen LogP contribution is 2.19. The van der Waals surface area contributed by atoms with Crippen molar-refractivity contribution in [2.24, 2.45) is 17.4 Å². The number of aliphatic carboxylic acids is 1. The van der Waals surface area contributed by atoms with Gasteiger partial charge in [-0.05, 0) is 48.1 Å². The summed E-state index contributed by atoms with van der Waals surface area (Å²) in [6, 6.07) is 8.64. The van der Waals surface area contributed by atoms with Crippen LogP contribution in [0, 0.1) is 5.92 Å². The number of hydrogen-bond donors (Lipinski definition) is 8. The van der Waals surface area contributed by atoms with Crippen molar-refractivity contribution in [1.82, 2.24) is 20.9 Å². The number of phenols is 1. The zero-order valence-corrected chi connectivity index (χ0v) is 24.0. The smallest absolute Gasteiger partial charge is 0.326 e. The van der Waals surface area contributed by atoms with Gasteiger partial charge < -0.3 is 42.6 Å². The van der Waals surface area contributed by atoms with E-state index in [9.17, 15) is 34.2 Å². The van der Waals surface area contributed by atoms with Crippen LogP contribution in [0.15, 0.2) is 54.7 Å². The first-order chi connectivity index (χ1) is 20.3. The van der Waals surface area contributed by atoms with E-state index in [2.05, 4.69) is 20.9 Å². The number of hydrogen-bond acceptors (Lipinski definition) is 7. The number of carboxylic acid groups (broad SMARTS) is 1. The van der Waals surface area contributed by atoms with Gasteiger partial charge in [0.1, 0.15) is 23.9 Å². The molecule has 3 rings (SSSR count). The molecule has 4 amide bonds. The number of phenolic OH excluding ortho intramolecular Hbond substituents is 1. The number of aromatic nitrogens is 1. The van der Waals surface area contributed by atoms with Gasteiger partial charge in [-0.1, -0.05) is 44.2 Å². The van der Waals surface area contributed by atoms with E-state index >= 15 is 0 Å². The van der Waals surface area contributed by atoms with E-state index in [-0.39, 0.29) is 31.4 Å². The number of carbonyl (C=O) groups excluding carboxylic acids is 4. The standard InChI is InChI=1S/C30H38N6O7/c1-16(2)26(36-27(39)21(31)14-18-15-33-22-6-4-3-5-20(18)22)29(41)34-23(11-12-25(32)38)28(40)35-24(30(42)43)13-17-7-9-19(37)10-8-17/h3-10,15-16,21,23-24,26,33,37H,11-14,31H2,1-2H3,(H2,32,38)(H,34,41)(H,35,40)(H,36,39)(H,42,43). The van der Waals surface area contributed by atoms with Crippen molar-refractivity contribution in [2.75, 3.05) is 0 Å². The molecule has 0 aliphatic heterocycles. The van der Waals surface area contributed by atoms with Crippen molar-refractivity contribution >= 4 is 40.5 Å². The second-order valence-corrected chi connectivity index (χ2v) is 10.7. The van der Waals surface area contributed by atoms with Gasteiger partial charge in [-0.3, -0.25) is 19.2 Å². The Balaban J connectivity index is 1.69. The van der Waals surface area contributed by atoms with Crippen LogP contribution in [0.5, 0.6) is 5.75 Å². The molecular formula is C30H38N6O7. The predicted octanol–water partition coefficient (Wildman–Crippen LogP) is 0.447. The summed E-state index contributed by atoms with van der Waals surface area (Å²) in [6.07, 6.45) is 1.43. The highest BCUT2D eigenvalue weighted by atomic mass is 16.4. The zero-order valence-electron chi connectivity index (χ0n) is 24.0. The first-order valence-electron chi connectivity index (χ1n) is 13.9. The number of carbonyl (C=O) groups is 5.